The highest BCUT2D eigenvalue weighted by molar-refractivity contribution is 6.44. The molecule has 5 nitrogen and oxygen atoms in total. The van der Waals surface area contributed by atoms with Crippen LogP contribution < -0.4 is 10.6 Å². The van der Waals surface area contributed by atoms with Crippen LogP contribution in [0.15, 0.2) is 30.6 Å². The lowest BCUT2D eigenvalue weighted by Gasteiger charge is -2.16. The molecule has 1 aliphatic rings. The van der Waals surface area contributed by atoms with Gasteiger partial charge in [-0.15, -0.1) is 0 Å². The fraction of sp³-hybridized carbons (Fsp3) is 0.389. The molecule has 0 saturated heterocycles. The van der Waals surface area contributed by atoms with Crippen LogP contribution in [0.3, 0.4) is 0 Å². The molecule has 0 bridgehead atoms. The molecule has 2 N–H and O–H groups in total. The maximum absolute atomic E-state index is 12.3. The van der Waals surface area contributed by atoms with E-state index in [9.17, 15) is 4.79 Å². The number of nitrogens with one attached hydrogen (secondary N) is 2. The quantitative estimate of drug-likeness (QED) is 0.720. The molecule has 1 saturated carbocycles. The van der Waals surface area contributed by atoms with E-state index in [1.807, 2.05) is 0 Å². The highest BCUT2D eigenvalue weighted by Gasteiger charge is 2.14. The molecular weight excluding hydrogens is 359 g/mol. The van der Waals surface area contributed by atoms with Crippen molar-refractivity contribution in [1.29, 1.82) is 0 Å². The molecule has 1 aromatic heterocycles. The van der Waals surface area contributed by atoms with Crippen molar-refractivity contribution in [3.63, 3.8) is 0 Å². The number of hydrogen-bond acceptors (Lipinski definition) is 4. The van der Waals surface area contributed by atoms with E-state index in [1.165, 1.54) is 38.1 Å². The Morgan fingerprint density at radius 3 is 2.40 bits per heavy atom. The molecule has 25 heavy (non-hydrogen) atoms. The molecule has 1 aromatic carbocycles. The number of carbonyl (C=O) groups is 1. The van der Waals surface area contributed by atoms with E-state index < -0.39 is 0 Å². The van der Waals surface area contributed by atoms with Crippen molar-refractivity contribution < 1.29 is 4.79 Å². The summed E-state index contributed by atoms with van der Waals surface area (Å²) in [5, 5.41) is 6.78. The van der Waals surface area contributed by atoms with E-state index >= 15 is 0 Å². The normalized spacial score (nSPS) is 15.4. The number of hydrogen-bond donors (Lipinski definition) is 2. The first-order valence-electron chi connectivity index (χ1n) is 8.47. The van der Waals surface area contributed by atoms with Crippen molar-refractivity contribution in [3.05, 3.63) is 46.2 Å². The molecule has 1 heterocycles. The average Bonchev–Trinajstić information content (AvgIpc) is 2.88. The molecule has 1 fully saturated rings. The van der Waals surface area contributed by atoms with Crippen LogP contribution >= 0.6 is 23.2 Å². The van der Waals surface area contributed by atoms with Crippen molar-refractivity contribution in [2.75, 3.05) is 10.6 Å². The molecule has 0 spiro atoms. The van der Waals surface area contributed by atoms with Crippen LogP contribution in [0.25, 0.3) is 0 Å². The monoisotopic (exact) mass is 378 g/mol. The fourth-order valence-electron chi connectivity index (χ4n) is 2.92. The smallest absolute Gasteiger partial charge is 0.258 e. The Balaban J connectivity index is 1.63. The SMILES string of the molecule is O=C(Nc1cccc(Cl)c1Cl)c1cnc(NC2CCCCCC2)nc1. The second-order valence-corrected chi connectivity index (χ2v) is 6.97. The zero-order valence-corrected chi connectivity index (χ0v) is 15.3. The van der Waals surface area contributed by atoms with Crippen molar-refractivity contribution >= 4 is 40.7 Å². The standard InChI is InChI=1S/C18H20Cl2N4O/c19-14-8-5-9-15(16(14)20)24-17(25)12-10-21-18(22-11-12)23-13-6-3-1-2-4-7-13/h5,8-11,13H,1-4,6-7H2,(H,24,25)(H,21,22,23). The van der Waals surface area contributed by atoms with Gasteiger partial charge >= 0.3 is 0 Å². The number of rotatable bonds is 4. The molecule has 0 aliphatic heterocycles. The van der Waals surface area contributed by atoms with Gasteiger partial charge in [0.25, 0.3) is 5.91 Å². The lowest BCUT2D eigenvalue weighted by atomic mass is 10.1. The number of anilines is 2. The third kappa shape index (κ3) is 4.83. The minimum absolute atomic E-state index is 0.310. The first-order valence-corrected chi connectivity index (χ1v) is 9.23. The molecule has 1 aliphatic carbocycles. The van der Waals surface area contributed by atoms with E-state index in [1.54, 1.807) is 18.2 Å². The van der Waals surface area contributed by atoms with E-state index in [4.69, 9.17) is 23.2 Å². The van der Waals surface area contributed by atoms with Gasteiger partial charge in [-0.05, 0) is 25.0 Å². The molecule has 2 aromatic rings. The summed E-state index contributed by atoms with van der Waals surface area (Å²) < 4.78 is 0. The largest absolute Gasteiger partial charge is 0.351 e. The average molecular weight is 379 g/mol. The lowest BCUT2D eigenvalue weighted by molar-refractivity contribution is 0.102. The molecule has 7 heteroatoms. The van der Waals surface area contributed by atoms with Crippen LogP contribution in [0.1, 0.15) is 48.9 Å². The second kappa shape index (κ2) is 8.50. The zero-order valence-electron chi connectivity index (χ0n) is 13.8. The Labute approximate surface area is 157 Å². The predicted octanol–water partition coefficient (Wildman–Crippen LogP) is 5.17. The summed E-state index contributed by atoms with van der Waals surface area (Å²) in [6.07, 6.45) is 10.4. The first-order chi connectivity index (χ1) is 12.1. The van der Waals surface area contributed by atoms with Gasteiger partial charge in [-0.2, -0.15) is 0 Å². The number of amides is 1. The first kappa shape index (κ1) is 18.0. The molecular formula is C18H20Cl2N4O. The second-order valence-electron chi connectivity index (χ2n) is 6.18. The van der Waals surface area contributed by atoms with Crippen LogP contribution in [0, 0.1) is 0 Å². The third-order valence-corrected chi connectivity index (χ3v) is 5.12. The zero-order chi connectivity index (χ0) is 17.6. The summed E-state index contributed by atoms with van der Waals surface area (Å²) in [6.45, 7) is 0. The Morgan fingerprint density at radius 1 is 1.04 bits per heavy atom. The molecule has 1 amide bonds. The lowest BCUT2D eigenvalue weighted by Crippen LogP contribution is -2.20. The maximum Gasteiger partial charge on any atom is 0.258 e. The van der Waals surface area contributed by atoms with Gasteiger partial charge in [-0.3, -0.25) is 4.79 Å². The maximum atomic E-state index is 12.3. The van der Waals surface area contributed by atoms with Crippen molar-refractivity contribution in [3.8, 4) is 0 Å². The minimum Gasteiger partial charge on any atom is -0.351 e. The van der Waals surface area contributed by atoms with Crippen LogP contribution in [0.2, 0.25) is 10.0 Å². The molecule has 3 rings (SSSR count). The van der Waals surface area contributed by atoms with E-state index in [-0.39, 0.29) is 5.91 Å². The van der Waals surface area contributed by atoms with Gasteiger partial charge in [0.15, 0.2) is 0 Å². The summed E-state index contributed by atoms with van der Waals surface area (Å²) in [6, 6.07) is 5.48. The summed E-state index contributed by atoms with van der Waals surface area (Å²) in [5.74, 6) is 0.231. The van der Waals surface area contributed by atoms with E-state index in [0.29, 0.717) is 33.3 Å². The van der Waals surface area contributed by atoms with Gasteiger partial charge in [0.2, 0.25) is 5.95 Å². The Hall–Kier alpha value is -1.85. The number of halogens is 2. The highest BCUT2D eigenvalue weighted by atomic mass is 35.5. The van der Waals surface area contributed by atoms with Crippen molar-refractivity contribution in [1.82, 2.24) is 9.97 Å². The van der Waals surface area contributed by atoms with Crippen molar-refractivity contribution in [2.45, 2.75) is 44.6 Å². The van der Waals surface area contributed by atoms with Gasteiger partial charge in [-0.1, -0.05) is 55.0 Å². The van der Waals surface area contributed by atoms with Gasteiger partial charge in [-0.25, -0.2) is 9.97 Å². The summed E-state index contributed by atoms with van der Waals surface area (Å²) in [4.78, 5) is 20.8. The Morgan fingerprint density at radius 2 is 1.72 bits per heavy atom. The Kier molecular flexibility index (Phi) is 6.10. The van der Waals surface area contributed by atoms with Crippen LogP contribution in [0.5, 0.6) is 0 Å². The summed E-state index contributed by atoms with van der Waals surface area (Å²) in [5.41, 5.74) is 0.822. The van der Waals surface area contributed by atoms with Crippen LogP contribution in [-0.2, 0) is 0 Å². The van der Waals surface area contributed by atoms with Crippen LogP contribution in [-0.4, -0.2) is 21.9 Å². The Bertz CT molecular complexity index is 728. The van der Waals surface area contributed by atoms with Gasteiger partial charge in [0, 0.05) is 18.4 Å². The van der Waals surface area contributed by atoms with E-state index in [2.05, 4.69) is 20.6 Å². The van der Waals surface area contributed by atoms with Gasteiger partial charge < -0.3 is 10.6 Å². The van der Waals surface area contributed by atoms with E-state index in [0.717, 1.165) is 12.8 Å². The molecule has 0 atom stereocenters. The molecule has 0 radical (unpaired) electrons. The van der Waals surface area contributed by atoms with Gasteiger partial charge in [0.1, 0.15) is 0 Å². The van der Waals surface area contributed by atoms with Crippen LogP contribution in [0.4, 0.5) is 11.6 Å². The number of aromatic nitrogens is 2. The topological polar surface area (TPSA) is 66.9 Å². The molecule has 0 unspecified atom stereocenters. The fourth-order valence-corrected chi connectivity index (χ4v) is 3.27. The molecule has 132 valence electrons. The summed E-state index contributed by atoms with van der Waals surface area (Å²) >= 11 is 12.0. The number of nitrogens with zero attached hydrogens (tertiary/aromatic N) is 2. The number of carbonyl (C=O) groups excluding carboxylic acids is 1. The number of benzene rings is 1. The highest BCUT2D eigenvalue weighted by Crippen LogP contribution is 2.29. The minimum atomic E-state index is -0.329. The third-order valence-electron chi connectivity index (χ3n) is 4.30. The summed E-state index contributed by atoms with van der Waals surface area (Å²) in [7, 11) is 0. The predicted molar refractivity (Wildman–Crippen MR) is 102 cm³/mol. The van der Waals surface area contributed by atoms with Crippen molar-refractivity contribution in [2.24, 2.45) is 0 Å². The van der Waals surface area contributed by atoms with Gasteiger partial charge in [0.05, 0.1) is 21.3 Å².